The molecule has 0 radical (unpaired) electrons. The van der Waals surface area contributed by atoms with Crippen LogP contribution in [0.2, 0.25) is 0 Å². The summed E-state index contributed by atoms with van der Waals surface area (Å²) in [6.07, 6.45) is 6.13. The van der Waals surface area contributed by atoms with E-state index in [-0.39, 0.29) is 12.2 Å². The molecule has 2 saturated heterocycles. The van der Waals surface area contributed by atoms with E-state index in [2.05, 4.69) is 44.2 Å². The molecule has 164 valence electrons. The van der Waals surface area contributed by atoms with Crippen LogP contribution in [0.5, 0.6) is 11.5 Å². The van der Waals surface area contributed by atoms with E-state index in [9.17, 15) is 0 Å². The molecule has 3 N–H and O–H groups in total. The predicted molar refractivity (Wildman–Crippen MR) is 116 cm³/mol. The van der Waals surface area contributed by atoms with E-state index in [1.165, 1.54) is 19.0 Å². The van der Waals surface area contributed by atoms with Gasteiger partial charge in [0.15, 0.2) is 5.69 Å². The van der Waals surface area contributed by atoms with Gasteiger partial charge in [0.2, 0.25) is 0 Å². The molecule has 2 atom stereocenters. The summed E-state index contributed by atoms with van der Waals surface area (Å²) in [7, 11) is 3.86. The van der Waals surface area contributed by atoms with Crippen molar-refractivity contribution >= 4 is 5.82 Å². The zero-order chi connectivity index (χ0) is 21.6. The van der Waals surface area contributed by atoms with Gasteiger partial charge in [-0.1, -0.05) is 6.07 Å². The Bertz CT molecular complexity index is 907. The number of aromatic nitrogens is 2. The van der Waals surface area contributed by atoms with Gasteiger partial charge in [-0.3, -0.25) is 0 Å². The highest BCUT2D eigenvalue weighted by Gasteiger charge is 2.27. The Kier molecular flexibility index (Phi) is 6.82. The molecule has 4 rings (SSSR count). The van der Waals surface area contributed by atoms with Crippen LogP contribution < -0.4 is 25.6 Å². The van der Waals surface area contributed by atoms with Gasteiger partial charge in [-0.25, -0.2) is 20.8 Å². The van der Waals surface area contributed by atoms with Gasteiger partial charge in [-0.2, -0.15) is 5.26 Å². The lowest BCUT2D eigenvalue weighted by molar-refractivity contribution is 0.160. The van der Waals surface area contributed by atoms with Crippen molar-refractivity contribution in [1.82, 2.24) is 25.7 Å². The molecule has 0 amide bonds. The van der Waals surface area contributed by atoms with Gasteiger partial charge in [-0.05, 0) is 45.0 Å². The lowest BCUT2D eigenvalue weighted by Crippen LogP contribution is -2.36. The minimum absolute atomic E-state index is 0.0303. The molecular formula is C22H29N7O2. The molecule has 2 unspecified atom stereocenters. The SMILES string of the molecule is COc1cc(OCC2CCN(C)CC2)ccc1C1CC(Nc2cnc(C#N)cn2)NN1. The maximum absolute atomic E-state index is 8.83. The highest BCUT2D eigenvalue weighted by molar-refractivity contribution is 5.43. The van der Waals surface area contributed by atoms with Crippen molar-refractivity contribution < 1.29 is 9.47 Å². The molecule has 2 fully saturated rings. The number of anilines is 1. The highest BCUT2D eigenvalue weighted by Crippen LogP contribution is 2.33. The largest absolute Gasteiger partial charge is 0.496 e. The Morgan fingerprint density at radius 2 is 2.06 bits per heavy atom. The number of nitrogens with one attached hydrogen (secondary N) is 3. The average Bonchev–Trinajstić information content (AvgIpc) is 3.27. The number of benzene rings is 1. The fourth-order valence-electron chi connectivity index (χ4n) is 4.01. The zero-order valence-corrected chi connectivity index (χ0v) is 18.0. The molecule has 9 heteroatoms. The van der Waals surface area contributed by atoms with Crippen LogP contribution in [0.15, 0.2) is 30.6 Å². The standard InChI is InChI=1S/C22H29N7O2/c1-29-7-5-15(6-8-29)14-31-17-3-4-18(20(9-17)30-2)19-10-21(28-27-19)26-22-13-24-16(11-23)12-25-22/h3-4,9,12-13,15,19,21,27-28H,5-8,10,14H2,1-2H3,(H,25,26). The fourth-order valence-corrected chi connectivity index (χ4v) is 4.01. The molecule has 2 aliphatic rings. The van der Waals surface area contributed by atoms with Gasteiger partial charge in [-0.15, -0.1) is 0 Å². The van der Waals surface area contributed by atoms with Crippen LogP contribution in [-0.2, 0) is 0 Å². The highest BCUT2D eigenvalue weighted by atomic mass is 16.5. The smallest absolute Gasteiger partial charge is 0.158 e. The normalized spacial score (nSPS) is 22.1. The number of piperidine rings is 1. The minimum atomic E-state index is -0.0303. The Morgan fingerprint density at radius 3 is 2.77 bits per heavy atom. The fraction of sp³-hybridized carbons (Fsp3) is 0.500. The van der Waals surface area contributed by atoms with Gasteiger partial charge in [0.05, 0.1) is 38.3 Å². The monoisotopic (exact) mass is 423 g/mol. The van der Waals surface area contributed by atoms with E-state index in [4.69, 9.17) is 14.7 Å². The van der Waals surface area contributed by atoms with E-state index < -0.39 is 0 Å². The summed E-state index contributed by atoms with van der Waals surface area (Å²) in [6, 6.07) is 8.09. The van der Waals surface area contributed by atoms with Crippen LogP contribution in [0, 0.1) is 17.2 Å². The van der Waals surface area contributed by atoms with E-state index in [1.807, 2.05) is 18.2 Å². The number of nitriles is 1. The summed E-state index contributed by atoms with van der Waals surface area (Å²) in [5.74, 6) is 2.87. The van der Waals surface area contributed by atoms with Crippen LogP contribution in [-0.4, -0.2) is 54.9 Å². The quantitative estimate of drug-likeness (QED) is 0.617. The van der Waals surface area contributed by atoms with Gasteiger partial charge in [0.25, 0.3) is 0 Å². The Hall–Kier alpha value is -2.93. The number of methoxy groups -OCH3 is 1. The molecule has 0 bridgehead atoms. The molecule has 1 aromatic carbocycles. The third-order valence-corrected chi connectivity index (χ3v) is 5.90. The van der Waals surface area contributed by atoms with Crippen molar-refractivity contribution in [3.05, 3.63) is 41.9 Å². The molecule has 3 heterocycles. The topological polar surface area (TPSA) is 107 Å². The van der Waals surface area contributed by atoms with Crippen LogP contribution in [0.1, 0.15) is 36.6 Å². The molecule has 1 aromatic heterocycles. The Balaban J connectivity index is 1.34. The zero-order valence-electron chi connectivity index (χ0n) is 18.0. The van der Waals surface area contributed by atoms with Crippen molar-refractivity contribution in [3.63, 3.8) is 0 Å². The molecule has 31 heavy (non-hydrogen) atoms. The number of hydrogen-bond acceptors (Lipinski definition) is 9. The third-order valence-electron chi connectivity index (χ3n) is 5.90. The maximum Gasteiger partial charge on any atom is 0.158 e. The number of rotatable bonds is 7. The third kappa shape index (κ3) is 5.41. The van der Waals surface area contributed by atoms with Crippen molar-refractivity contribution in [1.29, 1.82) is 5.26 Å². The predicted octanol–water partition coefficient (Wildman–Crippen LogP) is 2.05. The van der Waals surface area contributed by atoms with Crippen LogP contribution in [0.3, 0.4) is 0 Å². The first-order valence-electron chi connectivity index (χ1n) is 10.6. The van der Waals surface area contributed by atoms with E-state index in [0.717, 1.165) is 43.2 Å². The molecule has 0 saturated carbocycles. The van der Waals surface area contributed by atoms with Crippen molar-refractivity contribution in [2.75, 3.05) is 39.2 Å². The van der Waals surface area contributed by atoms with Gasteiger partial charge in [0, 0.05) is 18.1 Å². The maximum atomic E-state index is 8.83. The molecule has 2 aliphatic heterocycles. The summed E-state index contributed by atoms with van der Waals surface area (Å²) in [5.41, 5.74) is 7.91. The molecule has 0 spiro atoms. The summed E-state index contributed by atoms with van der Waals surface area (Å²) >= 11 is 0. The molecule has 9 nitrogen and oxygen atoms in total. The van der Waals surface area contributed by atoms with Crippen molar-refractivity contribution in [2.24, 2.45) is 5.92 Å². The average molecular weight is 424 g/mol. The number of nitrogens with zero attached hydrogens (tertiary/aromatic N) is 4. The lowest BCUT2D eigenvalue weighted by atomic mass is 9.98. The van der Waals surface area contributed by atoms with E-state index in [1.54, 1.807) is 13.3 Å². The summed E-state index contributed by atoms with van der Waals surface area (Å²) in [6.45, 7) is 3.02. The van der Waals surface area contributed by atoms with Crippen LogP contribution in [0.4, 0.5) is 5.82 Å². The first kappa shape index (κ1) is 21.3. The summed E-state index contributed by atoms with van der Waals surface area (Å²) in [5, 5.41) is 12.1. The summed E-state index contributed by atoms with van der Waals surface area (Å²) < 4.78 is 11.7. The second kappa shape index (κ2) is 9.92. The first-order valence-corrected chi connectivity index (χ1v) is 10.6. The Labute approximate surface area is 182 Å². The number of hydrogen-bond donors (Lipinski definition) is 3. The molecule has 2 aromatic rings. The number of likely N-dealkylation sites (tertiary alicyclic amines) is 1. The lowest BCUT2D eigenvalue weighted by Gasteiger charge is -2.28. The van der Waals surface area contributed by atoms with Gasteiger partial charge >= 0.3 is 0 Å². The van der Waals surface area contributed by atoms with Gasteiger partial charge < -0.3 is 19.7 Å². The minimum Gasteiger partial charge on any atom is -0.496 e. The second-order valence-electron chi connectivity index (χ2n) is 8.13. The van der Waals surface area contributed by atoms with Crippen LogP contribution in [0.25, 0.3) is 0 Å². The number of ether oxygens (including phenoxy) is 2. The first-order chi connectivity index (χ1) is 15.1. The second-order valence-corrected chi connectivity index (χ2v) is 8.13. The van der Waals surface area contributed by atoms with Crippen molar-refractivity contribution in [3.8, 4) is 17.6 Å². The summed E-state index contributed by atoms with van der Waals surface area (Å²) in [4.78, 5) is 10.6. The van der Waals surface area contributed by atoms with E-state index >= 15 is 0 Å². The van der Waals surface area contributed by atoms with Crippen LogP contribution >= 0.6 is 0 Å². The molecule has 0 aliphatic carbocycles. The van der Waals surface area contributed by atoms with Crippen molar-refractivity contribution in [2.45, 2.75) is 31.5 Å². The Morgan fingerprint density at radius 1 is 1.23 bits per heavy atom. The molecular weight excluding hydrogens is 394 g/mol. The van der Waals surface area contributed by atoms with E-state index in [0.29, 0.717) is 17.4 Å². The van der Waals surface area contributed by atoms with Gasteiger partial charge in [0.1, 0.15) is 23.4 Å². The number of hydrazine groups is 1.